The van der Waals surface area contributed by atoms with Crippen LogP contribution >= 0.6 is 0 Å². The Morgan fingerprint density at radius 3 is 2.03 bits per heavy atom. The van der Waals surface area contributed by atoms with Crippen molar-refractivity contribution < 1.29 is 14.6 Å². The van der Waals surface area contributed by atoms with Gasteiger partial charge < -0.3 is 9.84 Å². The number of nitrogens with zero attached hydrogens (tertiary/aromatic N) is 1. The van der Waals surface area contributed by atoms with Crippen molar-refractivity contribution in [3.63, 3.8) is 0 Å². The zero-order chi connectivity index (χ0) is 28.8. The van der Waals surface area contributed by atoms with Gasteiger partial charge in [0.2, 0.25) is 0 Å². The summed E-state index contributed by atoms with van der Waals surface area (Å²) < 4.78 is 4.84. The van der Waals surface area contributed by atoms with Gasteiger partial charge in [0.1, 0.15) is 0 Å². The largest absolute Gasteiger partial charge is 0.469 e. The van der Waals surface area contributed by atoms with Crippen LogP contribution in [0.4, 0.5) is 0 Å². The van der Waals surface area contributed by atoms with Crippen molar-refractivity contribution >= 4 is 12.0 Å². The van der Waals surface area contributed by atoms with E-state index in [1.165, 1.54) is 34.9 Å². The first-order chi connectivity index (χ1) is 18.6. The number of rotatable bonds is 11. The Morgan fingerprint density at radius 2 is 1.49 bits per heavy atom. The van der Waals surface area contributed by atoms with Gasteiger partial charge in [-0.2, -0.15) is 0 Å². The molecule has 0 saturated heterocycles. The molecule has 4 nitrogen and oxygen atoms in total. The van der Waals surface area contributed by atoms with Gasteiger partial charge in [0.15, 0.2) is 0 Å². The predicted octanol–water partition coefficient (Wildman–Crippen LogP) is 8.06. The van der Waals surface area contributed by atoms with Crippen LogP contribution in [0, 0.1) is 20.8 Å². The van der Waals surface area contributed by atoms with E-state index in [4.69, 9.17) is 4.74 Å². The summed E-state index contributed by atoms with van der Waals surface area (Å²) in [6, 6.07) is 13.5. The molecule has 1 aromatic heterocycles. The van der Waals surface area contributed by atoms with Crippen molar-refractivity contribution in [2.45, 2.75) is 91.6 Å². The van der Waals surface area contributed by atoms with E-state index >= 15 is 0 Å². The number of aliphatic hydroxyl groups is 1. The van der Waals surface area contributed by atoms with E-state index in [2.05, 4.69) is 76.0 Å². The molecule has 2 aromatic carbocycles. The van der Waals surface area contributed by atoms with Gasteiger partial charge in [-0.05, 0) is 97.0 Å². The zero-order valence-corrected chi connectivity index (χ0v) is 25.0. The monoisotopic (exact) mass is 527 g/mol. The molecule has 0 unspecified atom stereocenters. The average Bonchev–Trinajstić information content (AvgIpc) is 2.93. The molecular weight excluding hydrogens is 482 g/mol. The topological polar surface area (TPSA) is 59.4 Å². The highest BCUT2D eigenvalue weighted by molar-refractivity contribution is 5.75. The van der Waals surface area contributed by atoms with Crippen molar-refractivity contribution in [1.29, 1.82) is 0 Å². The minimum absolute atomic E-state index is 0.111. The molecule has 3 aromatic rings. The highest BCUT2D eigenvalue weighted by Crippen LogP contribution is 2.42. The molecule has 208 valence electrons. The van der Waals surface area contributed by atoms with Crippen LogP contribution in [-0.4, -0.2) is 28.8 Å². The van der Waals surface area contributed by atoms with Crippen LogP contribution < -0.4 is 0 Å². The van der Waals surface area contributed by atoms with Crippen LogP contribution in [0.3, 0.4) is 0 Å². The van der Waals surface area contributed by atoms with E-state index in [0.717, 1.165) is 35.1 Å². The Morgan fingerprint density at radius 1 is 0.872 bits per heavy atom. The summed E-state index contributed by atoms with van der Waals surface area (Å²) >= 11 is 0. The lowest BCUT2D eigenvalue weighted by Gasteiger charge is -2.35. The first-order valence-electron chi connectivity index (χ1n) is 14.2. The molecule has 0 aliphatic carbocycles. The summed E-state index contributed by atoms with van der Waals surface area (Å²) in [6.07, 6.45) is 11.2. The molecule has 0 atom stereocenters. The molecule has 0 bridgehead atoms. The Balaban J connectivity index is 2.04. The second-order valence-electron chi connectivity index (χ2n) is 10.8. The van der Waals surface area contributed by atoms with E-state index in [1.807, 2.05) is 32.2 Å². The second-order valence-corrected chi connectivity index (χ2v) is 10.8. The molecule has 39 heavy (non-hydrogen) atoms. The number of aromatic nitrogens is 1. The molecule has 4 heteroatoms. The number of carbonyl (C=O) groups excluding carboxylic acids is 1. The molecule has 0 radical (unpaired) electrons. The van der Waals surface area contributed by atoms with Gasteiger partial charge in [-0.15, -0.1) is 0 Å². The van der Waals surface area contributed by atoms with Gasteiger partial charge in [0, 0.05) is 23.4 Å². The van der Waals surface area contributed by atoms with Crippen molar-refractivity contribution in [1.82, 2.24) is 4.98 Å². The molecular formula is C35H45NO3. The van der Waals surface area contributed by atoms with Gasteiger partial charge in [-0.3, -0.25) is 9.78 Å². The maximum absolute atomic E-state index is 11.8. The number of esters is 1. The van der Waals surface area contributed by atoms with E-state index in [9.17, 15) is 9.90 Å². The SMILES string of the molecule is CCC(O)(/C=C/c1ccc(C(CC)(CC)c2cc(C)c(-c3cncc(CC(=O)OC)c3)c(C)c2)cc1C)CC. The number of carbonyl (C=O) groups is 1. The van der Waals surface area contributed by atoms with Crippen LogP contribution in [0.25, 0.3) is 17.2 Å². The molecule has 1 N–H and O–H groups in total. The lowest BCUT2D eigenvalue weighted by Crippen LogP contribution is -2.26. The van der Waals surface area contributed by atoms with Gasteiger partial charge in [-0.1, -0.05) is 70.2 Å². The lowest BCUT2D eigenvalue weighted by atomic mass is 9.69. The van der Waals surface area contributed by atoms with Crippen molar-refractivity contribution in [3.05, 3.63) is 93.8 Å². The Kier molecular flexibility index (Phi) is 9.90. The Bertz CT molecular complexity index is 1310. The van der Waals surface area contributed by atoms with E-state index in [-0.39, 0.29) is 17.8 Å². The Hall–Kier alpha value is -3.24. The lowest BCUT2D eigenvalue weighted by molar-refractivity contribution is -0.139. The summed E-state index contributed by atoms with van der Waals surface area (Å²) in [4.78, 5) is 16.2. The maximum atomic E-state index is 11.8. The zero-order valence-electron chi connectivity index (χ0n) is 25.0. The van der Waals surface area contributed by atoms with Gasteiger partial charge in [0.05, 0.1) is 19.1 Å². The number of hydrogen-bond acceptors (Lipinski definition) is 4. The maximum Gasteiger partial charge on any atom is 0.310 e. The second kappa shape index (κ2) is 12.7. The quantitative estimate of drug-likeness (QED) is 0.256. The van der Waals surface area contributed by atoms with Crippen LogP contribution in [0.2, 0.25) is 0 Å². The molecule has 1 heterocycles. The van der Waals surface area contributed by atoms with Gasteiger partial charge in [-0.25, -0.2) is 0 Å². The minimum atomic E-state index is -0.757. The smallest absolute Gasteiger partial charge is 0.310 e. The average molecular weight is 528 g/mol. The summed E-state index contributed by atoms with van der Waals surface area (Å²) in [5.74, 6) is -0.267. The van der Waals surface area contributed by atoms with Crippen molar-refractivity contribution in [2.24, 2.45) is 0 Å². The molecule has 0 saturated carbocycles. The summed E-state index contributed by atoms with van der Waals surface area (Å²) in [6.45, 7) is 15.1. The first kappa shape index (κ1) is 30.3. The minimum Gasteiger partial charge on any atom is -0.469 e. The molecule has 0 aliphatic rings. The van der Waals surface area contributed by atoms with E-state index in [1.54, 1.807) is 6.20 Å². The number of pyridine rings is 1. The summed E-state index contributed by atoms with van der Waals surface area (Å²) in [5.41, 5.74) is 9.54. The fraction of sp³-hybridized carbons (Fsp3) is 0.429. The molecule has 0 fully saturated rings. The molecule has 3 rings (SSSR count). The Labute approximate surface area is 235 Å². The molecule has 0 spiro atoms. The van der Waals surface area contributed by atoms with Crippen LogP contribution in [0.15, 0.2) is 54.9 Å². The number of ether oxygens (including phenoxy) is 1. The van der Waals surface area contributed by atoms with Gasteiger partial charge in [0.25, 0.3) is 0 Å². The fourth-order valence-electron chi connectivity index (χ4n) is 5.78. The van der Waals surface area contributed by atoms with Crippen LogP contribution in [0.5, 0.6) is 0 Å². The summed E-state index contributed by atoms with van der Waals surface area (Å²) in [5, 5.41) is 10.7. The summed E-state index contributed by atoms with van der Waals surface area (Å²) in [7, 11) is 1.41. The number of hydrogen-bond donors (Lipinski definition) is 1. The van der Waals surface area contributed by atoms with E-state index < -0.39 is 5.60 Å². The highest BCUT2D eigenvalue weighted by atomic mass is 16.5. The number of methoxy groups -OCH3 is 1. The third kappa shape index (κ3) is 6.50. The first-order valence-corrected chi connectivity index (χ1v) is 14.2. The van der Waals surface area contributed by atoms with Crippen LogP contribution in [-0.2, 0) is 21.4 Å². The molecule has 0 amide bonds. The third-order valence-electron chi connectivity index (χ3n) is 8.57. The standard InChI is InChI=1S/C35H45NO3/c1-9-34(38,10-2)16-15-28-13-14-30(17-24(28)5)35(11-3,12-4)31-18-25(6)33(26(7)19-31)29-20-27(22-36-23-29)21-32(37)39-8/h13-20,22-23,38H,9-12,21H2,1-8H3/b16-15+. The highest BCUT2D eigenvalue weighted by Gasteiger charge is 2.32. The normalized spacial score (nSPS) is 12.2. The number of benzene rings is 2. The third-order valence-corrected chi connectivity index (χ3v) is 8.57. The van der Waals surface area contributed by atoms with E-state index in [0.29, 0.717) is 12.8 Å². The van der Waals surface area contributed by atoms with Crippen LogP contribution in [0.1, 0.15) is 92.3 Å². The van der Waals surface area contributed by atoms with Crippen molar-refractivity contribution in [2.75, 3.05) is 7.11 Å². The molecule has 0 aliphatic heterocycles. The number of aryl methyl sites for hydroxylation is 3. The predicted molar refractivity (Wildman–Crippen MR) is 162 cm³/mol. The van der Waals surface area contributed by atoms with Gasteiger partial charge >= 0.3 is 5.97 Å². The fourth-order valence-corrected chi connectivity index (χ4v) is 5.78. The van der Waals surface area contributed by atoms with Crippen molar-refractivity contribution in [3.8, 4) is 11.1 Å².